The van der Waals surface area contributed by atoms with Crippen molar-refractivity contribution >= 4 is 33.1 Å². The van der Waals surface area contributed by atoms with Crippen molar-refractivity contribution in [1.82, 2.24) is 4.58 Å². The number of hydrogen-bond acceptors (Lipinski definition) is 3. The zero-order valence-electron chi connectivity index (χ0n) is 20.7. The maximum absolute atomic E-state index is 15.7. The number of halogens is 6. The van der Waals surface area contributed by atoms with Crippen molar-refractivity contribution in [2.24, 2.45) is 0 Å². The van der Waals surface area contributed by atoms with E-state index < -0.39 is 64.8 Å². The Morgan fingerprint density at radius 3 is 2.28 bits per heavy atom. The predicted molar refractivity (Wildman–Crippen MR) is 137 cm³/mol. The molecule has 1 aliphatic carbocycles. The summed E-state index contributed by atoms with van der Waals surface area (Å²) in [5, 5.41) is 10.8. The van der Waals surface area contributed by atoms with Gasteiger partial charge in [-0.3, -0.25) is 0 Å². The van der Waals surface area contributed by atoms with Crippen LogP contribution in [0.1, 0.15) is 22.8 Å². The summed E-state index contributed by atoms with van der Waals surface area (Å²) in [6.07, 6.45) is 0. The third kappa shape index (κ3) is 4.05. The summed E-state index contributed by atoms with van der Waals surface area (Å²) in [4.78, 5) is 14.1. The molecular formula is C28H21F6N2O2S+. The number of hydrogen-bond donors (Lipinski definition) is 1. The summed E-state index contributed by atoms with van der Waals surface area (Å²) in [5.74, 6) is -9.13. The highest BCUT2D eigenvalue weighted by molar-refractivity contribution is 7.21. The van der Waals surface area contributed by atoms with E-state index in [1.165, 1.54) is 23.2 Å². The molecule has 202 valence electrons. The molecule has 2 fully saturated rings. The molecule has 3 heterocycles. The number of fused-ring (bicyclic) bond motifs is 2. The first-order valence-electron chi connectivity index (χ1n) is 12.1. The van der Waals surface area contributed by atoms with Crippen molar-refractivity contribution in [3.05, 3.63) is 70.3 Å². The molecule has 0 spiro atoms. The molecule has 0 saturated carbocycles. The predicted octanol–water partition coefficient (Wildman–Crippen LogP) is 6.07. The number of carbonyl (C=O) groups is 1. The van der Waals surface area contributed by atoms with Gasteiger partial charge in [-0.05, 0) is 32.0 Å². The first-order chi connectivity index (χ1) is 18.3. The van der Waals surface area contributed by atoms with E-state index in [1.807, 2.05) is 0 Å². The Morgan fingerprint density at radius 1 is 0.974 bits per heavy atom. The maximum Gasteiger partial charge on any atom is 0.339 e. The van der Waals surface area contributed by atoms with Crippen LogP contribution in [0.3, 0.4) is 0 Å². The zero-order chi connectivity index (χ0) is 28.0. The van der Waals surface area contributed by atoms with Crippen LogP contribution in [0.4, 0.5) is 32.0 Å². The Balaban J connectivity index is 1.69. The Labute approximate surface area is 222 Å². The van der Waals surface area contributed by atoms with Gasteiger partial charge >= 0.3 is 5.97 Å². The fraction of sp³-hybridized carbons (Fsp3) is 0.286. The summed E-state index contributed by atoms with van der Waals surface area (Å²) >= 11 is 1.25. The first-order valence-corrected chi connectivity index (χ1v) is 12.9. The zero-order valence-corrected chi connectivity index (χ0v) is 21.5. The van der Waals surface area contributed by atoms with Gasteiger partial charge in [0.25, 0.3) is 5.92 Å². The molecule has 2 aromatic carbocycles. The number of anilines is 1. The number of nitrogens with zero attached hydrogens (tertiary/aromatic N) is 2. The van der Waals surface area contributed by atoms with Crippen molar-refractivity contribution in [2.45, 2.75) is 25.4 Å². The minimum absolute atomic E-state index is 0.0432. The standard InChI is InChI=1S/C28H20F6N2O2S/c1-13-23(29)21(22(26(37)38)25(31)24(13)30)20-16-5-3-14(35-9-27(2,32)10-35)7-18(16)39-19-8-15(4-6-17(19)20)36-11-28(33,34)12-36/h3-8H,9-12H2,1-2H3/p+1. The fourth-order valence-corrected chi connectivity index (χ4v) is 6.53. The Bertz CT molecular complexity index is 1750. The van der Waals surface area contributed by atoms with E-state index in [0.717, 1.165) is 6.92 Å². The summed E-state index contributed by atoms with van der Waals surface area (Å²) < 4.78 is 88.7. The molecule has 6 rings (SSSR count). The number of benzene rings is 3. The van der Waals surface area contributed by atoms with Crippen molar-refractivity contribution < 1.29 is 36.2 Å². The van der Waals surface area contributed by atoms with Gasteiger partial charge in [0, 0.05) is 55.0 Å². The van der Waals surface area contributed by atoms with Crippen LogP contribution in [0, 0.1) is 24.4 Å². The van der Waals surface area contributed by atoms with E-state index in [0.29, 0.717) is 31.6 Å². The van der Waals surface area contributed by atoms with Crippen LogP contribution >= 0.6 is 11.3 Å². The van der Waals surface area contributed by atoms with Gasteiger partial charge in [-0.25, -0.2) is 35.7 Å². The quantitative estimate of drug-likeness (QED) is 0.143. The summed E-state index contributed by atoms with van der Waals surface area (Å²) in [7, 11) is 0. The Kier molecular flexibility index (Phi) is 5.56. The molecule has 39 heavy (non-hydrogen) atoms. The van der Waals surface area contributed by atoms with Crippen LogP contribution in [-0.2, 0) is 0 Å². The largest absolute Gasteiger partial charge is 0.478 e. The van der Waals surface area contributed by atoms with Crippen molar-refractivity contribution in [3.63, 3.8) is 0 Å². The second-order valence-electron chi connectivity index (χ2n) is 10.4. The number of rotatable bonds is 3. The molecule has 2 saturated heterocycles. The number of carboxylic acid groups (broad SMARTS) is 1. The normalized spacial score (nSPS) is 20.3. The molecule has 0 aromatic heterocycles. The van der Waals surface area contributed by atoms with Crippen LogP contribution in [0.2, 0.25) is 0 Å². The van der Waals surface area contributed by atoms with E-state index >= 15 is 4.39 Å². The summed E-state index contributed by atoms with van der Waals surface area (Å²) in [6.45, 7) is 1.90. The third-order valence-electron chi connectivity index (χ3n) is 7.31. The lowest BCUT2D eigenvalue weighted by Gasteiger charge is -2.40. The fourth-order valence-electron chi connectivity index (χ4n) is 5.37. The first kappa shape index (κ1) is 25.7. The SMILES string of the molecule is Cc1c(F)c(F)c(C(=O)O)c(-c2c3ccc(=[N+]4CC(C)(F)C4)cc-3sc3cc(N4CC(F)(F)C4)ccc23)c1F. The third-order valence-corrected chi connectivity index (χ3v) is 8.42. The topological polar surface area (TPSA) is 43.5 Å². The highest BCUT2D eigenvalue weighted by Crippen LogP contribution is 2.47. The number of carboxylic acids is 1. The maximum atomic E-state index is 15.7. The smallest absolute Gasteiger partial charge is 0.339 e. The van der Waals surface area contributed by atoms with E-state index in [9.17, 15) is 31.9 Å². The van der Waals surface area contributed by atoms with Crippen LogP contribution in [0.25, 0.3) is 31.7 Å². The van der Waals surface area contributed by atoms with Crippen LogP contribution in [-0.4, -0.2) is 48.8 Å². The van der Waals surface area contributed by atoms with Gasteiger partial charge in [0.1, 0.15) is 11.4 Å². The molecule has 4 nitrogen and oxygen atoms in total. The molecule has 4 aliphatic rings. The lowest BCUT2D eigenvalue weighted by molar-refractivity contribution is -0.0262. The molecule has 0 unspecified atom stereocenters. The van der Waals surface area contributed by atoms with Gasteiger partial charge in [-0.15, -0.1) is 11.3 Å². The molecule has 0 amide bonds. The average molecular weight is 564 g/mol. The van der Waals surface area contributed by atoms with Gasteiger partial charge < -0.3 is 10.0 Å². The van der Waals surface area contributed by atoms with Crippen LogP contribution in [0.5, 0.6) is 0 Å². The molecule has 2 aromatic rings. The van der Waals surface area contributed by atoms with Crippen molar-refractivity contribution in [3.8, 4) is 21.6 Å². The second kappa shape index (κ2) is 8.45. The number of alkyl halides is 3. The van der Waals surface area contributed by atoms with Gasteiger partial charge in [0.15, 0.2) is 24.7 Å². The highest BCUT2D eigenvalue weighted by Gasteiger charge is 2.45. The van der Waals surface area contributed by atoms with E-state index in [2.05, 4.69) is 0 Å². The molecule has 0 atom stereocenters. The Morgan fingerprint density at radius 2 is 1.67 bits per heavy atom. The monoisotopic (exact) mass is 563 g/mol. The van der Waals surface area contributed by atoms with Gasteiger partial charge in [0.05, 0.1) is 13.1 Å². The lowest BCUT2D eigenvalue weighted by Crippen LogP contribution is -2.58. The van der Waals surface area contributed by atoms with Gasteiger partial charge in [0.2, 0.25) is 11.0 Å². The highest BCUT2D eigenvalue weighted by atomic mass is 32.1. The van der Waals surface area contributed by atoms with Gasteiger partial charge in [-0.1, -0.05) is 6.07 Å². The molecule has 11 heteroatoms. The number of aromatic carboxylic acids is 1. The lowest BCUT2D eigenvalue weighted by atomic mass is 9.89. The minimum atomic E-state index is -2.81. The average Bonchev–Trinajstić information content (AvgIpc) is 2.84. The molecule has 1 N–H and O–H groups in total. The van der Waals surface area contributed by atoms with E-state index in [-0.39, 0.29) is 18.7 Å². The second-order valence-corrected chi connectivity index (χ2v) is 11.5. The van der Waals surface area contributed by atoms with Crippen molar-refractivity contribution in [2.75, 3.05) is 31.1 Å². The molecule has 0 radical (unpaired) electrons. The van der Waals surface area contributed by atoms with E-state index in [1.54, 1.807) is 41.0 Å². The molecular weight excluding hydrogens is 542 g/mol. The summed E-state index contributed by atoms with van der Waals surface area (Å²) in [5.41, 5.74) is -2.83. The summed E-state index contributed by atoms with van der Waals surface area (Å²) in [6, 6.07) is 9.79. The molecule has 3 aliphatic heterocycles. The van der Waals surface area contributed by atoms with Crippen LogP contribution in [0.15, 0.2) is 36.4 Å². The van der Waals surface area contributed by atoms with Gasteiger partial charge in [-0.2, -0.15) is 0 Å². The van der Waals surface area contributed by atoms with Crippen LogP contribution < -0.4 is 14.8 Å². The Hall–Kier alpha value is -3.60. The molecule has 0 bridgehead atoms. The minimum Gasteiger partial charge on any atom is -0.478 e. The van der Waals surface area contributed by atoms with E-state index in [4.69, 9.17) is 0 Å². The van der Waals surface area contributed by atoms with Crippen molar-refractivity contribution in [1.29, 1.82) is 0 Å².